The van der Waals surface area contributed by atoms with Gasteiger partial charge in [0.2, 0.25) is 0 Å². The predicted octanol–water partition coefficient (Wildman–Crippen LogP) is 0.726. The molecule has 5 heteroatoms. The molecule has 0 radical (unpaired) electrons. The summed E-state index contributed by atoms with van der Waals surface area (Å²) in [4.78, 5) is 8.32. The second-order valence-corrected chi connectivity index (χ2v) is 4.36. The second kappa shape index (κ2) is 2.73. The van der Waals surface area contributed by atoms with Gasteiger partial charge in [-0.1, -0.05) is 0 Å². The van der Waals surface area contributed by atoms with E-state index >= 15 is 0 Å². The van der Waals surface area contributed by atoms with Gasteiger partial charge in [-0.25, -0.2) is 9.98 Å². The van der Waals surface area contributed by atoms with Crippen molar-refractivity contribution in [3.05, 3.63) is 12.0 Å². The van der Waals surface area contributed by atoms with Crippen LogP contribution in [0.2, 0.25) is 0 Å². The fourth-order valence-corrected chi connectivity index (χ4v) is 1.49. The van der Waals surface area contributed by atoms with Gasteiger partial charge in [-0.3, -0.25) is 0 Å². The van der Waals surface area contributed by atoms with E-state index in [1.54, 1.807) is 6.33 Å². The maximum atomic E-state index is 5.74. The zero-order chi connectivity index (χ0) is 10.3. The molecule has 0 unspecified atom stereocenters. The maximum absolute atomic E-state index is 5.74. The second-order valence-electron chi connectivity index (χ2n) is 4.36. The fraction of sp³-hybridized carbons (Fsp3) is 0.556. The molecule has 14 heavy (non-hydrogen) atoms. The Balaban J connectivity index is 2.53. The molecule has 1 aliphatic heterocycles. The van der Waals surface area contributed by atoms with Crippen LogP contribution in [0.4, 0.5) is 5.82 Å². The molecule has 0 aliphatic carbocycles. The van der Waals surface area contributed by atoms with Crippen molar-refractivity contribution in [3.8, 4) is 0 Å². The summed E-state index contributed by atoms with van der Waals surface area (Å²) in [6.07, 6.45) is 1.80. The van der Waals surface area contributed by atoms with Crippen molar-refractivity contribution in [3.63, 3.8) is 0 Å². The highest BCUT2D eigenvalue weighted by molar-refractivity contribution is 6.01. The van der Waals surface area contributed by atoms with E-state index in [0.29, 0.717) is 12.5 Å². The predicted molar refractivity (Wildman–Crippen MR) is 56.4 cm³/mol. The number of hydrogen-bond donors (Lipinski definition) is 2. The molecule has 3 N–H and O–H groups in total. The number of fused-ring (bicyclic) bond motifs is 1. The summed E-state index contributed by atoms with van der Waals surface area (Å²) >= 11 is 0. The molecule has 2 rings (SSSR count). The number of aromatic nitrogens is 2. The van der Waals surface area contributed by atoms with E-state index in [9.17, 15) is 0 Å². The fourth-order valence-electron chi connectivity index (χ4n) is 1.49. The Labute approximate surface area is 83.0 Å². The van der Waals surface area contributed by atoms with Gasteiger partial charge in [0.15, 0.2) is 0 Å². The van der Waals surface area contributed by atoms with Crippen LogP contribution in [-0.2, 0) is 5.54 Å². The van der Waals surface area contributed by atoms with Crippen LogP contribution in [0.15, 0.2) is 11.3 Å². The highest BCUT2D eigenvalue weighted by atomic mass is 15.2. The molecule has 76 valence electrons. The zero-order valence-electron chi connectivity index (χ0n) is 8.70. The number of anilines is 1. The summed E-state index contributed by atoms with van der Waals surface area (Å²) in [5.41, 5.74) is 6.50. The van der Waals surface area contributed by atoms with Gasteiger partial charge in [0, 0.05) is 5.54 Å². The molecule has 0 fully saturated rings. The van der Waals surface area contributed by atoms with Crippen LogP contribution in [0.1, 0.15) is 26.5 Å². The molecule has 5 nitrogen and oxygen atoms in total. The number of amidine groups is 1. The molecule has 0 spiro atoms. The van der Waals surface area contributed by atoms with E-state index in [1.165, 1.54) is 0 Å². The standard InChI is InChI=1S/C9H15N5/c1-9(2,3)14-5-13-6-7(10)11-4-12-8(6)14/h5,12H,4H2,1-3H3,(H2,10,11). The van der Waals surface area contributed by atoms with Crippen LogP contribution in [-0.4, -0.2) is 22.1 Å². The van der Waals surface area contributed by atoms with Crippen molar-refractivity contribution < 1.29 is 0 Å². The molecule has 0 saturated carbocycles. The Bertz CT molecular complexity index is 382. The summed E-state index contributed by atoms with van der Waals surface area (Å²) in [6.45, 7) is 6.90. The monoisotopic (exact) mass is 193 g/mol. The van der Waals surface area contributed by atoms with Crippen molar-refractivity contribution in [2.75, 3.05) is 12.0 Å². The Morgan fingerprint density at radius 1 is 1.50 bits per heavy atom. The average molecular weight is 193 g/mol. The smallest absolute Gasteiger partial charge is 0.150 e. The van der Waals surface area contributed by atoms with Crippen LogP contribution in [0, 0.1) is 0 Å². The first-order chi connectivity index (χ1) is 6.50. The van der Waals surface area contributed by atoms with Crippen molar-refractivity contribution in [2.45, 2.75) is 26.3 Å². The summed E-state index contributed by atoms with van der Waals surface area (Å²) in [5, 5.41) is 3.18. The molecular weight excluding hydrogens is 178 g/mol. The Hall–Kier alpha value is -1.52. The molecule has 1 aliphatic rings. The zero-order valence-corrected chi connectivity index (χ0v) is 8.70. The third-order valence-electron chi connectivity index (χ3n) is 2.23. The first-order valence-corrected chi connectivity index (χ1v) is 4.62. The van der Waals surface area contributed by atoms with E-state index in [4.69, 9.17) is 5.73 Å². The van der Waals surface area contributed by atoms with Gasteiger partial charge in [0.25, 0.3) is 0 Å². The third-order valence-corrected chi connectivity index (χ3v) is 2.23. The van der Waals surface area contributed by atoms with Gasteiger partial charge in [-0.2, -0.15) is 0 Å². The van der Waals surface area contributed by atoms with E-state index < -0.39 is 0 Å². The first-order valence-electron chi connectivity index (χ1n) is 4.62. The van der Waals surface area contributed by atoms with Gasteiger partial charge in [-0.15, -0.1) is 0 Å². The third kappa shape index (κ3) is 1.25. The van der Waals surface area contributed by atoms with Gasteiger partial charge < -0.3 is 15.6 Å². The van der Waals surface area contributed by atoms with Crippen molar-refractivity contribution in [1.29, 1.82) is 0 Å². The van der Waals surface area contributed by atoms with Gasteiger partial charge in [-0.05, 0) is 20.8 Å². The SMILES string of the molecule is CC(C)(C)n1cnc2c1NCN=C2N. The Morgan fingerprint density at radius 3 is 2.86 bits per heavy atom. The summed E-state index contributed by atoms with van der Waals surface area (Å²) in [5.74, 6) is 1.48. The van der Waals surface area contributed by atoms with Crippen molar-refractivity contribution in [2.24, 2.45) is 10.7 Å². The molecule has 0 bridgehead atoms. The lowest BCUT2D eigenvalue weighted by Crippen LogP contribution is -2.28. The number of nitrogens with one attached hydrogen (secondary N) is 1. The highest BCUT2D eigenvalue weighted by Gasteiger charge is 2.23. The summed E-state index contributed by atoms with van der Waals surface area (Å²) in [7, 11) is 0. The van der Waals surface area contributed by atoms with Crippen LogP contribution < -0.4 is 11.1 Å². The van der Waals surface area contributed by atoms with E-state index in [0.717, 1.165) is 11.5 Å². The maximum Gasteiger partial charge on any atom is 0.150 e. The molecule has 0 atom stereocenters. The average Bonchev–Trinajstić information content (AvgIpc) is 2.47. The number of aliphatic imine (C=N–C) groups is 1. The molecule has 0 saturated heterocycles. The number of hydrogen-bond acceptors (Lipinski definition) is 4. The van der Waals surface area contributed by atoms with Crippen LogP contribution in [0.25, 0.3) is 0 Å². The van der Waals surface area contributed by atoms with Gasteiger partial charge in [0.05, 0.1) is 6.33 Å². The number of imidazole rings is 1. The molecule has 2 heterocycles. The van der Waals surface area contributed by atoms with Crippen molar-refractivity contribution in [1.82, 2.24) is 9.55 Å². The lowest BCUT2D eigenvalue weighted by atomic mass is 10.1. The quantitative estimate of drug-likeness (QED) is 0.638. The topological polar surface area (TPSA) is 68.2 Å². The molecule has 0 aromatic carbocycles. The Kier molecular flexibility index (Phi) is 1.77. The van der Waals surface area contributed by atoms with Crippen LogP contribution >= 0.6 is 0 Å². The minimum Gasteiger partial charge on any atom is -0.382 e. The molecule has 1 aromatic rings. The minimum absolute atomic E-state index is 0.00516. The first kappa shape index (κ1) is 9.05. The van der Waals surface area contributed by atoms with Crippen molar-refractivity contribution >= 4 is 11.7 Å². The van der Waals surface area contributed by atoms with Crippen LogP contribution in [0.3, 0.4) is 0 Å². The van der Waals surface area contributed by atoms with Crippen LogP contribution in [0.5, 0.6) is 0 Å². The number of rotatable bonds is 0. The number of nitrogens with two attached hydrogens (primary N) is 1. The number of nitrogens with zero attached hydrogens (tertiary/aromatic N) is 3. The molecule has 0 amide bonds. The van der Waals surface area contributed by atoms with E-state index in [-0.39, 0.29) is 5.54 Å². The Morgan fingerprint density at radius 2 is 2.21 bits per heavy atom. The normalized spacial score (nSPS) is 15.8. The largest absolute Gasteiger partial charge is 0.382 e. The lowest BCUT2D eigenvalue weighted by molar-refractivity contribution is 0.400. The van der Waals surface area contributed by atoms with Gasteiger partial charge >= 0.3 is 0 Å². The molecule has 1 aromatic heterocycles. The van der Waals surface area contributed by atoms with E-state index in [1.807, 2.05) is 0 Å². The van der Waals surface area contributed by atoms with Gasteiger partial charge in [0.1, 0.15) is 24.0 Å². The summed E-state index contributed by atoms with van der Waals surface area (Å²) < 4.78 is 2.07. The molecular formula is C9H15N5. The lowest BCUT2D eigenvalue weighted by Gasteiger charge is -2.25. The highest BCUT2D eigenvalue weighted by Crippen LogP contribution is 2.24. The van der Waals surface area contributed by atoms with E-state index in [2.05, 4.69) is 40.6 Å². The summed E-state index contributed by atoms with van der Waals surface area (Å²) in [6, 6.07) is 0. The minimum atomic E-state index is 0.00516.